The summed E-state index contributed by atoms with van der Waals surface area (Å²) in [5.74, 6) is -0.124. The fraction of sp³-hybridized carbons (Fsp3) is 0.533. The van der Waals surface area contributed by atoms with E-state index < -0.39 is 48.6 Å². The number of amides is 1. The van der Waals surface area contributed by atoms with Crippen molar-refractivity contribution in [3.8, 4) is 5.75 Å². The van der Waals surface area contributed by atoms with E-state index in [9.17, 15) is 27.3 Å². The molecule has 0 bridgehead atoms. The summed E-state index contributed by atoms with van der Waals surface area (Å²) in [6, 6.07) is 7.61. The van der Waals surface area contributed by atoms with E-state index >= 15 is 0 Å². The van der Waals surface area contributed by atoms with Crippen LogP contribution < -0.4 is 10.1 Å². The van der Waals surface area contributed by atoms with Gasteiger partial charge in [0.2, 0.25) is 0 Å². The maximum Gasteiger partial charge on any atom is 0.514 e. The van der Waals surface area contributed by atoms with Gasteiger partial charge >= 0.3 is 26.2 Å². The maximum atomic E-state index is 13.5. The number of hydrogen-bond donors (Lipinski definition) is 1. The second kappa shape index (κ2) is 15.6. The van der Waals surface area contributed by atoms with Gasteiger partial charge in [0, 0.05) is 24.1 Å². The largest absolute Gasteiger partial charge is 0.514 e. The zero-order valence-corrected chi connectivity index (χ0v) is 29.6. The summed E-state index contributed by atoms with van der Waals surface area (Å²) < 4.78 is 83.9. The topological polar surface area (TPSA) is 119 Å². The van der Waals surface area contributed by atoms with E-state index in [0.29, 0.717) is 16.9 Å². The van der Waals surface area contributed by atoms with E-state index in [1.165, 1.54) is 0 Å². The summed E-state index contributed by atoms with van der Waals surface area (Å²) in [4.78, 5) is 25.4. The Morgan fingerprint density at radius 1 is 0.913 bits per heavy atom. The molecule has 1 amide bonds. The molecule has 10 nitrogen and oxygen atoms in total. The van der Waals surface area contributed by atoms with Crippen LogP contribution in [0.2, 0.25) is 5.02 Å². The van der Waals surface area contributed by atoms with Crippen molar-refractivity contribution in [2.75, 3.05) is 20.8 Å². The highest BCUT2D eigenvalue weighted by Crippen LogP contribution is 2.48. The molecular weight excluding hydrogens is 674 g/mol. The highest BCUT2D eigenvalue weighted by Gasteiger charge is 2.35. The average molecular weight is 714 g/mol. The highest BCUT2D eigenvalue weighted by atomic mass is 35.5. The predicted octanol–water partition coefficient (Wildman–Crippen LogP) is 9.46. The molecule has 2 rings (SSSR count). The van der Waals surface area contributed by atoms with Crippen molar-refractivity contribution in [3.63, 3.8) is 0 Å². The van der Waals surface area contributed by atoms with E-state index in [2.05, 4.69) is 5.32 Å². The Labute approximate surface area is 276 Å². The van der Waals surface area contributed by atoms with E-state index in [-0.39, 0.29) is 28.7 Å². The molecule has 0 aromatic heterocycles. The van der Waals surface area contributed by atoms with Crippen molar-refractivity contribution < 1.29 is 55.1 Å². The number of alkyl halides is 3. The number of rotatable bonds is 12. The number of alkyl carbamates (subject to hydrolysis) is 1. The molecule has 1 unspecified atom stereocenters. The van der Waals surface area contributed by atoms with Gasteiger partial charge in [0.25, 0.3) is 0 Å². The molecular formula is C30H40ClF3NO9PS. The third kappa shape index (κ3) is 13.3. The summed E-state index contributed by atoms with van der Waals surface area (Å²) >= 11 is 7.50. The smallest absolute Gasteiger partial charge is 0.444 e. The van der Waals surface area contributed by atoms with Gasteiger partial charge in [0.05, 0.1) is 22.6 Å². The van der Waals surface area contributed by atoms with Crippen molar-refractivity contribution in [1.82, 2.24) is 5.32 Å². The Bertz CT molecular complexity index is 1420. The SMILES string of the molecule is COP(=O)(OC)OCC(C)(CCc1ccc(Sc2cc(C(F)(F)F)ccc2OC(=O)OC(C)(C)C)cc1Cl)NC(=O)OC(C)(C)C. The molecule has 0 aliphatic heterocycles. The van der Waals surface area contributed by atoms with Crippen LogP contribution in [-0.2, 0) is 40.2 Å². The van der Waals surface area contributed by atoms with Crippen LogP contribution in [0.15, 0.2) is 46.2 Å². The number of carbonyl (C=O) groups is 2. The van der Waals surface area contributed by atoms with Gasteiger partial charge in [-0.2, -0.15) is 13.2 Å². The Balaban J connectivity index is 2.31. The van der Waals surface area contributed by atoms with Crippen LogP contribution in [0.3, 0.4) is 0 Å². The van der Waals surface area contributed by atoms with Gasteiger partial charge in [-0.1, -0.05) is 29.4 Å². The zero-order valence-electron chi connectivity index (χ0n) is 27.1. The minimum absolute atomic E-state index is 0.0106. The van der Waals surface area contributed by atoms with Gasteiger partial charge in [-0.25, -0.2) is 14.2 Å². The monoisotopic (exact) mass is 713 g/mol. The number of carbonyl (C=O) groups excluding carboxylic acids is 2. The van der Waals surface area contributed by atoms with Crippen LogP contribution in [0.4, 0.5) is 22.8 Å². The summed E-state index contributed by atoms with van der Waals surface area (Å²) in [7, 11) is -1.55. The van der Waals surface area contributed by atoms with Crippen molar-refractivity contribution >= 4 is 43.4 Å². The lowest BCUT2D eigenvalue weighted by Crippen LogP contribution is -2.51. The summed E-state index contributed by atoms with van der Waals surface area (Å²) in [5.41, 5.74) is -3.08. The molecule has 46 heavy (non-hydrogen) atoms. The molecule has 2 aromatic carbocycles. The molecule has 1 N–H and O–H groups in total. The standard InChI is InChI=1S/C30H40ClF3NO9PS/c1-27(2,3)43-25(36)35-29(7,18-41-45(38,39-8)40-9)15-14-19-10-12-21(17-22(19)31)46-24-16-20(30(32,33)34)11-13-23(24)42-26(37)44-28(4,5)6/h10-13,16-17H,14-15,18H2,1-9H3,(H,35,36). The van der Waals surface area contributed by atoms with Gasteiger partial charge in [0.1, 0.15) is 17.0 Å². The van der Waals surface area contributed by atoms with Gasteiger partial charge in [-0.15, -0.1) is 0 Å². The molecule has 0 aliphatic rings. The predicted molar refractivity (Wildman–Crippen MR) is 168 cm³/mol. The number of nitrogens with one attached hydrogen (secondary N) is 1. The Morgan fingerprint density at radius 2 is 1.52 bits per heavy atom. The van der Waals surface area contributed by atoms with E-state index in [4.69, 9.17) is 39.4 Å². The van der Waals surface area contributed by atoms with Crippen LogP contribution in [0.25, 0.3) is 0 Å². The Morgan fingerprint density at radius 3 is 2.04 bits per heavy atom. The maximum absolute atomic E-state index is 13.5. The zero-order chi connectivity index (χ0) is 35.1. The molecule has 0 saturated carbocycles. The summed E-state index contributed by atoms with van der Waals surface area (Å²) in [6.45, 7) is 11.4. The van der Waals surface area contributed by atoms with Crippen LogP contribution in [0, 0.1) is 0 Å². The first-order chi connectivity index (χ1) is 21.0. The van der Waals surface area contributed by atoms with Crippen molar-refractivity contribution in [1.29, 1.82) is 0 Å². The molecule has 0 heterocycles. The fourth-order valence-corrected chi connectivity index (χ4v) is 5.77. The molecule has 16 heteroatoms. The molecule has 0 spiro atoms. The lowest BCUT2D eigenvalue weighted by atomic mass is 9.94. The minimum Gasteiger partial charge on any atom is -0.444 e. The normalized spacial score (nSPS) is 13.9. The third-order valence-corrected chi connectivity index (χ3v) is 8.56. The van der Waals surface area contributed by atoms with Gasteiger partial charge in [0.15, 0.2) is 0 Å². The lowest BCUT2D eigenvalue weighted by molar-refractivity contribution is -0.137. The van der Waals surface area contributed by atoms with Crippen molar-refractivity contribution in [2.45, 2.75) is 94.0 Å². The van der Waals surface area contributed by atoms with Crippen LogP contribution in [0.1, 0.15) is 66.0 Å². The second-order valence-electron chi connectivity index (χ2n) is 12.4. The first-order valence-corrected chi connectivity index (χ1v) is 16.6. The molecule has 0 aliphatic carbocycles. The number of ether oxygens (including phenoxy) is 3. The number of aryl methyl sites for hydroxylation is 1. The Kier molecular flexibility index (Phi) is 13.5. The number of phosphoric acid groups is 1. The minimum atomic E-state index is -4.63. The van der Waals surface area contributed by atoms with Crippen LogP contribution >= 0.6 is 31.2 Å². The Hall–Kier alpha value is -2.48. The first-order valence-electron chi connectivity index (χ1n) is 13.9. The van der Waals surface area contributed by atoms with E-state index in [0.717, 1.165) is 44.2 Å². The van der Waals surface area contributed by atoms with Gasteiger partial charge < -0.3 is 19.5 Å². The lowest BCUT2D eigenvalue weighted by Gasteiger charge is -2.32. The molecule has 2 aromatic rings. The first kappa shape index (κ1) is 39.7. The van der Waals surface area contributed by atoms with Gasteiger partial charge in [-0.05, 0) is 97.2 Å². The van der Waals surface area contributed by atoms with Crippen LogP contribution in [-0.4, -0.2) is 49.8 Å². The summed E-state index contributed by atoms with van der Waals surface area (Å²) in [5, 5.41) is 3.03. The molecule has 0 fully saturated rings. The van der Waals surface area contributed by atoms with E-state index in [1.807, 2.05) is 0 Å². The number of phosphoric ester groups is 1. The molecule has 1 atom stereocenters. The molecule has 0 saturated heterocycles. The number of halogens is 4. The van der Waals surface area contributed by atoms with Gasteiger partial charge in [-0.3, -0.25) is 13.6 Å². The average Bonchev–Trinajstić information content (AvgIpc) is 2.89. The number of benzene rings is 2. The second-order valence-corrected chi connectivity index (χ2v) is 15.8. The van der Waals surface area contributed by atoms with Crippen molar-refractivity contribution in [3.05, 3.63) is 52.5 Å². The molecule has 258 valence electrons. The third-order valence-electron chi connectivity index (χ3n) is 5.84. The van der Waals surface area contributed by atoms with Crippen LogP contribution in [0.5, 0.6) is 5.75 Å². The quantitative estimate of drug-likeness (QED) is 0.129. The fourth-order valence-electron chi connectivity index (χ4n) is 3.66. The summed E-state index contributed by atoms with van der Waals surface area (Å²) in [6.07, 6.45) is -5.91. The van der Waals surface area contributed by atoms with Crippen molar-refractivity contribution in [2.24, 2.45) is 0 Å². The molecule has 0 radical (unpaired) electrons. The highest BCUT2D eigenvalue weighted by molar-refractivity contribution is 7.99. The van der Waals surface area contributed by atoms with E-state index in [1.54, 1.807) is 66.7 Å². The number of hydrogen-bond acceptors (Lipinski definition) is 10.